The van der Waals surface area contributed by atoms with Crippen LogP contribution in [0.5, 0.6) is 11.6 Å². The van der Waals surface area contributed by atoms with E-state index in [0.717, 1.165) is 6.07 Å². The van der Waals surface area contributed by atoms with Gasteiger partial charge in [0.05, 0.1) is 38.2 Å². The summed E-state index contributed by atoms with van der Waals surface area (Å²) in [5.41, 5.74) is -1.37. The number of aromatic nitrogens is 2. The number of methoxy groups -OCH3 is 2. The Bertz CT molecular complexity index is 984. The minimum Gasteiger partial charge on any atom is -0.495 e. The largest absolute Gasteiger partial charge is 0.495 e. The van der Waals surface area contributed by atoms with E-state index in [2.05, 4.69) is 15.3 Å². The van der Waals surface area contributed by atoms with E-state index in [9.17, 15) is 22.4 Å². The molecule has 1 aliphatic rings. The second-order valence-corrected chi connectivity index (χ2v) is 6.81. The first-order valence-corrected chi connectivity index (χ1v) is 9.82. The topological polar surface area (TPSA) is 95.0 Å². The molecule has 3 rings (SSSR count). The number of carbonyl (C=O) groups is 1. The summed E-state index contributed by atoms with van der Waals surface area (Å²) in [6.07, 6.45) is -4.19. The van der Waals surface area contributed by atoms with Crippen LogP contribution in [0.1, 0.15) is 15.9 Å². The zero-order valence-electron chi connectivity index (χ0n) is 17.9. The van der Waals surface area contributed by atoms with Gasteiger partial charge in [0, 0.05) is 32.5 Å². The molecule has 0 atom stereocenters. The predicted molar refractivity (Wildman–Crippen MR) is 107 cm³/mol. The number of rotatable bonds is 8. The minimum atomic E-state index is -4.74. The van der Waals surface area contributed by atoms with Crippen LogP contribution >= 0.6 is 0 Å². The first kappa shape index (κ1) is 24.5. The molecule has 0 unspecified atom stereocenters. The molecule has 1 amide bonds. The first-order chi connectivity index (χ1) is 15.7. The second-order valence-electron chi connectivity index (χ2n) is 6.81. The second kappa shape index (κ2) is 10.6. The van der Waals surface area contributed by atoms with Crippen LogP contribution in [-0.2, 0) is 15.7 Å². The van der Waals surface area contributed by atoms with E-state index in [1.54, 1.807) is 0 Å². The maximum absolute atomic E-state index is 14.8. The van der Waals surface area contributed by atoms with Crippen LogP contribution in [0.4, 0.5) is 29.2 Å². The van der Waals surface area contributed by atoms with Crippen LogP contribution in [-0.4, -0.2) is 74.5 Å². The number of amides is 1. The van der Waals surface area contributed by atoms with Gasteiger partial charge in [-0.1, -0.05) is 0 Å². The van der Waals surface area contributed by atoms with Crippen molar-refractivity contribution in [3.05, 3.63) is 35.3 Å². The number of halogens is 4. The standard InChI is InChI=1S/C20H22F4N4O5/c1-30-7-8-33-17-13(20(22,23)24)11-25-19(27-17)26-15-10-14(21)12(9-16(15)31-2)18(29)28-3-5-32-6-4-28/h9-11H,3-8H2,1-2H3,(H,25,26,27). The molecule has 1 aliphatic heterocycles. The maximum atomic E-state index is 14.8. The molecular weight excluding hydrogens is 452 g/mol. The highest BCUT2D eigenvalue weighted by Gasteiger charge is 2.36. The van der Waals surface area contributed by atoms with Gasteiger partial charge in [0.1, 0.15) is 23.7 Å². The predicted octanol–water partition coefficient (Wildman–Crippen LogP) is 2.88. The van der Waals surface area contributed by atoms with Gasteiger partial charge in [-0.25, -0.2) is 9.37 Å². The number of nitrogens with one attached hydrogen (secondary N) is 1. The third kappa shape index (κ3) is 5.99. The lowest BCUT2D eigenvalue weighted by molar-refractivity contribution is -0.139. The van der Waals surface area contributed by atoms with Crippen LogP contribution < -0.4 is 14.8 Å². The summed E-state index contributed by atoms with van der Waals surface area (Å²) >= 11 is 0. The van der Waals surface area contributed by atoms with Crippen molar-refractivity contribution < 1.29 is 41.3 Å². The Morgan fingerprint density at radius 2 is 1.94 bits per heavy atom. The smallest absolute Gasteiger partial charge is 0.423 e. The van der Waals surface area contributed by atoms with Gasteiger partial charge in [0.15, 0.2) is 0 Å². The molecule has 2 heterocycles. The fraction of sp³-hybridized carbons (Fsp3) is 0.450. The molecule has 1 aromatic heterocycles. The fourth-order valence-corrected chi connectivity index (χ4v) is 2.99. The van der Waals surface area contributed by atoms with Crippen LogP contribution in [0.25, 0.3) is 0 Å². The number of anilines is 2. The highest BCUT2D eigenvalue weighted by atomic mass is 19.4. The van der Waals surface area contributed by atoms with Gasteiger partial charge in [0.25, 0.3) is 5.91 Å². The third-order valence-electron chi connectivity index (χ3n) is 4.65. The van der Waals surface area contributed by atoms with Gasteiger partial charge in [-0.2, -0.15) is 18.2 Å². The van der Waals surface area contributed by atoms with Crippen molar-refractivity contribution in [3.63, 3.8) is 0 Å². The van der Waals surface area contributed by atoms with Crippen molar-refractivity contribution in [3.8, 4) is 11.6 Å². The van der Waals surface area contributed by atoms with Gasteiger partial charge in [0.2, 0.25) is 11.8 Å². The minimum absolute atomic E-state index is 0.0103. The number of hydrogen-bond donors (Lipinski definition) is 1. The van der Waals surface area contributed by atoms with E-state index in [1.165, 1.54) is 25.2 Å². The molecule has 0 radical (unpaired) electrons. The molecule has 9 nitrogen and oxygen atoms in total. The first-order valence-electron chi connectivity index (χ1n) is 9.82. The van der Waals surface area contributed by atoms with Gasteiger partial charge in [-0.15, -0.1) is 0 Å². The monoisotopic (exact) mass is 474 g/mol. The zero-order valence-corrected chi connectivity index (χ0v) is 17.9. The Kier molecular flexibility index (Phi) is 7.87. The Labute approximate surface area is 186 Å². The van der Waals surface area contributed by atoms with Gasteiger partial charge in [-0.05, 0) is 6.07 Å². The summed E-state index contributed by atoms with van der Waals surface area (Å²) in [6, 6.07) is 2.19. The van der Waals surface area contributed by atoms with E-state index in [0.29, 0.717) is 32.5 Å². The third-order valence-corrected chi connectivity index (χ3v) is 4.65. The Morgan fingerprint density at radius 1 is 1.21 bits per heavy atom. The lowest BCUT2D eigenvalue weighted by atomic mass is 10.1. The summed E-state index contributed by atoms with van der Waals surface area (Å²) < 4.78 is 74.8. The van der Waals surface area contributed by atoms with E-state index < -0.39 is 29.3 Å². The van der Waals surface area contributed by atoms with Crippen molar-refractivity contribution in [2.24, 2.45) is 0 Å². The number of benzene rings is 1. The molecule has 0 aliphatic carbocycles. The SMILES string of the molecule is COCCOc1nc(Nc2cc(F)c(C(=O)N3CCOCC3)cc2OC)ncc1C(F)(F)F. The van der Waals surface area contributed by atoms with E-state index in [4.69, 9.17) is 18.9 Å². The highest BCUT2D eigenvalue weighted by Crippen LogP contribution is 2.36. The summed E-state index contributed by atoms with van der Waals surface area (Å²) in [7, 11) is 2.67. The molecule has 2 aromatic rings. The number of morpholine rings is 1. The maximum Gasteiger partial charge on any atom is 0.423 e. The number of ether oxygens (including phenoxy) is 4. The lowest BCUT2D eigenvalue weighted by Gasteiger charge is -2.27. The molecule has 13 heteroatoms. The van der Waals surface area contributed by atoms with Crippen LogP contribution in [0.3, 0.4) is 0 Å². The Morgan fingerprint density at radius 3 is 2.58 bits per heavy atom. The lowest BCUT2D eigenvalue weighted by Crippen LogP contribution is -2.41. The van der Waals surface area contributed by atoms with Crippen LogP contribution in [0.2, 0.25) is 0 Å². The molecular formula is C20H22F4N4O5. The number of alkyl halides is 3. The molecule has 180 valence electrons. The number of carbonyl (C=O) groups excluding carboxylic acids is 1. The molecule has 1 N–H and O–H groups in total. The molecule has 0 spiro atoms. The van der Waals surface area contributed by atoms with Crippen LogP contribution in [0.15, 0.2) is 18.3 Å². The van der Waals surface area contributed by atoms with Gasteiger partial charge in [-0.3, -0.25) is 4.79 Å². The van der Waals surface area contributed by atoms with Crippen molar-refractivity contribution in [1.82, 2.24) is 14.9 Å². The summed E-state index contributed by atoms with van der Waals surface area (Å²) in [6.45, 7) is 1.22. The average molecular weight is 474 g/mol. The molecule has 1 saturated heterocycles. The molecule has 1 fully saturated rings. The van der Waals surface area contributed by atoms with Crippen LogP contribution in [0, 0.1) is 5.82 Å². The quantitative estimate of drug-likeness (QED) is 0.461. The molecule has 1 aromatic carbocycles. The fourth-order valence-electron chi connectivity index (χ4n) is 2.99. The number of nitrogens with zero attached hydrogens (tertiary/aromatic N) is 3. The zero-order chi connectivity index (χ0) is 24.0. The molecule has 0 saturated carbocycles. The van der Waals surface area contributed by atoms with Crippen molar-refractivity contribution in [1.29, 1.82) is 0 Å². The Hall–Kier alpha value is -3.19. The van der Waals surface area contributed by atoms with Gasteiger partial charge < -0.3 is 29.2 Å². The van der Waals surface area contributed by atoms with E-state index in [1.807, 2.05) is 0 Å². The van der Waals surface area contributed by atoms with Crippen molar-refractivity contribution in [2.45, 2.75) is 6.18 Å². The van der Waals surface area contributed by atoms with E-state index >= 15 is 0 Å². The van der Waals surface area contributed by atoms with E-state index in [-0.39, 0.29) is 36.2 Å². The highest BCUT2D eigenvalue weighted by molar-refractivity contribution is 5.95. The van der Waals surface area contributed by atoms with Crippen molar-refractivity contribution >= 4 is 17.5 Å². The van der Waals surface area contributed by atoms with Crippen molar-refractivity contribution in [2.75, 3.05) is 59.1 Å². The van der Waals surface area contributed by atoms with Gasteiger partial charge >= 0.3 is 6.18 Å². The number of hydrogen-bond acceptors (Lipinski definition) is 8. The summed E-state index contributed by atoms with van der Waals surface area (Å²) in [4.78, 5) is 21.5. The average Bonchev–Trinajstić information content (AvgIpc) is 2.79. The molecule has 0 bridgehead atoms. The Balaban J connectivity index is 1.88. The summed E-state index contributed by atoms with van der Waals surface area (Å²) in [5.74, 6) is -2.31. The summed E-state index contributed by atoms with van der Waals surface area (Å²) in [5, 5.41) is 2.61. The molecule has 33 heavy (non-hydrogen) atoms. The normalized spacial score (nSPS) is 14.2.